The van der Waals surface area contributed by atoms with E-state index < -0.39 is 0 Å². The second kappa shape index (κ2) is 3.20. The van der Waals surface area contributed by atoms with E-state index in [0.717, 1.165) is 0 Å². The molecule has 0 fully saturated rings. The molecule has 2 rings (SSSR count). The Morgan fingerprint density at radius 3 is 2.79 bits per heavy atom. The quantitative estimate of drug-likeness (QED) is 0.751. The van der Waals surface area contributed by atoms with Crippen molar-refractivity contribution in [1.82, 2.24) is 0 Å². The number of phenols is 1. The molecule has 70 valence electrons. The van der Waals surface area contributed by atoms with E-state index >= 15 is 0 Å². The lowest BCUT2D eigenvalue weighted by molar-refractivity contribution is 0.476. The lowest BCUT2D eigenvalue weighted by atomic mass is 10.2. The number of hydrogen-bond donors (Lipinski definition) is 2. The fourth-order valence-electron chi connectivity index (χ4n) is 1.33. The summed E-state index contributed by atoms with van der Waals surface area (Å²) in [6, 6.07) is 6.93. The summed E-state index contributed by atoms with van der Waals surface area (Å²) in [6.07, 6.45) is 0.171. The van der Waals surface area contributed by atoms with Gasteiger partial charge in [0.2, 0.25) is 0 Å². The van der Waals surface area contributed by atoms with Crippen LogP contribution in [0.2, 0.25) is 0 Å². The number of nitrogens with zero attached hydrogens (tertiary/aromatic N) is 1. The van der Waals surface area contributed by atoms with Crippen LogP contribution in [0.15, 0.2) is 18.2 Å². The molecule has 0 unspecified atom stereocenters. The smallest absolute Gasteiger partial charge is 0.138 e. The summed E-state index contributed by atoms with van der Waals surface area (Å²) in [5.74, 6) is 0.259. The van der Waals surface area contributed by atoms with Crippen molar-refractivity contribution in [3.8, 4) is 17.6 Å². The SMILES string of the molecule is N#CCc1sc2c(O)cccc2c1O. The van der Waals surface area contributed by atoms with Gasteiger partial charge in [0.05, 0.1) is 22.1 Å². The van der Waals surface area contributed by atoms with Crippen LogP contribution in [-0.2, 0) is 6.42 Å². The molecule has 0 bridgehead atoms. The standard InChI is InChI=1S/C10H7NO2S/c11-5-4-8-9(13)6-2-1-3-7(12)10(6)14-8/h1-3,12-13H,4H2. The Labute approximate surface area is 84.5 Å². The van der Waals surface area contributed by atoms with Crippen molar-refractivity contribution >= 4 is 21.4 Å². The van der Waals surface area contributed by atoms with Gasteiger partial charge >= 0.3 is 0 Å². The van der Waals surface area contributed by atoms with Crippen molar-refractivity contribution < 1.29 is 10.2 Å². The van der Waals surface area contributed by atoms with Gasteiger partial charge in [-0.3, -0.25) is 0 Å². The van der Waals surface area contributed by atoms with Crippen LogP contribution >= 0.6 is 11.3 Å². The maximum absolute atomic E-state index is 9.69. The zero-order valence-electron chi connectivity index (χ0n) is 7.19. The van der Waals surface area contributed by atoms with Crippen molar-refractivity contribution in [2.75, 3.05) is 0 Å². The van der Waals surface area contributed by atoms with Gasteiger partial charge in [0.15, 0.2) is 0 Å². The third-order valence-corrected chi connectivity index (χ3v) is 3.20. The number of aromatic hydroxyl groups is 2. The minimum Gasteiger partial charge on any atom is -0.506 e. The third-order valence-electron chi connectivity index (χ3n) is 1.98. The van der Waals surface area contributed by atoms with Crippen LogP contribution in [-0.4, -0.2) is 10.2 Å². The topological polar surface area (TPSA) is 64.2 Å². The van der Waals surface area contributed by atoms with Crippen LogP contribution in [0, 0.1) is 11.3 Å². The fraction of sp³-hybridized carbons (Fsp3) is 0.100. The third kappa shape index (κ3) is 1.19. The summed E-state index contributed by atoms with van der Waals surface area (Å²) >= 11 is 1.25. The van der Waals surface area contributed by atoms with E-state index in [1.54, 1.807) is 18.2 Å². The van der Waals surface area contributed by atoms with Crippen LogP contribution in [0.1, 0.15) is 4.88 Å². The lowest BCUT2D eigenvalue weighted by Gasteiger charge is -1.92. The van der Waals surface area contributed by atoms with Crippen LogP contribution in [0.25, 0.3) is 10.1 Å². The molecule has 0 amide bonds. The van der Waals surface area contributed by atoms with E-state index in [4.69, 9.17) is 5.26 Å². The second-order valence-corrected chi connectivity index (χ2v) is 3.97. The van der Waals surface area contributed by atoms with Crippen LogP contribution in [0.3, 0.4) is 0 Å². The van der Waals surface area contributed by atoms with Gasteiger partial charge < -0.3 is 10.2 Å². The number of benzene rings is 1. The van der Waals surface area contributed by atoms with Gasteiger partial charge in [-0.25, -0.2) is 0 Å². The summed E-state index contributed by atoms with van der Waals surface area (Å²) in [4.78, 5) is 0.601. The zero-order valence-corrected chi connectivity index (χ0v) is 8.01. The minimum absolute atomic E-state index is 0.113. The predicted molar refractivity (Wildman–Crippen MR) is 54.5 cm³/mol. The van der Waals surface area contributed by atoms with Gasteiger partial charge in [0.1, 0.15) is 11.5 Å². The zero-order chi connectivity index (χ0) is 10.1. The lowest BCUT2D eigenvalue weighted by Crippen LogP contribution is -1.72. The molecule has 0 atom stereocenters. The molecule has 0 saturated heterocycles. The molecule has 3 nitrogen and oxygen atoms in total. The Hall–Kier alpha value is -1.73. The number of nitriles is 1. The summed E-state index contributed by atoms with van der Waals surface area (Å²) in [6.45, 7) is 0. The Kier molecular flexibility index (Phi) is 2.02. The molecule has 0 aliphatic rings. The monoisotopic (exact) mass is 205 g/mol. The van der Waals surface area contributed by atoms with E-state index in [1.807, 2.05) is 6.07 Å². The highest BCUT2D eigenvalue weighted by Crippen LogP contribution is 2.41. The van der Waals surface area contributed by atoms with Crippen molar-refractivity contribution in [1.29, 1.82) is 5.26 Å². The Morgan fingerprint density at radius 1 is 1.36 bits per heavy atom. The van der Waals surface area contributed by atoms with Crippen molar-refractivity contribution in [3.63, 3.8) is 0 Å². The molecule has 1 heterocycles. The van der Waals surface area contributed by atoms with E-state index in [0.29, 0.717) is 15.0 Å². The molecule has 0 spiro atoms. The molecule has 14 heavy (non-hydrogen) atoms. The number of fused-ring (bicyclic) bond motifs is 1. The van der Waals surface area contributed by atoms with Crippen LogP contribution in [0.4, 0.5) is 0 Å². The predicted octanol–water partition coefficient (Wildman–Crippen LogP) is 2.38. The Bertz CT molecular complexity index is 525. The molecule has 0 aliphatic carbocycles. The molecule has 1 aromatic heterocycles. The average Bonchev–Trinajstić information content (AvgIpc) is 2.48. The van der Waals surface area contributed by atoms with E-state index in [-0.39, 0.29) is 17.9 Å². The number of phenolic OH excluding ortho intramolecular Hbond substituents is 1. The molecule has 4 heteroatoms. The normalized spacial score (nSPS) is 10.2. The van der Waals surface area contributed by atoms with E-state index in [1.165, 1.54) is 11.3 Å². The highest BCUT2D eigenvalue weighted by Gasteiger charge is 2.12. The number of thiophene rings is 1. The number of rotatable bonds is 1. The fourth-order valence-corrected chi connectivity index (χ4v) is 2.37. The molecule has 0 saturated carbocycles. The summed E-state index contributed by atoms with van der Waals surface area (Å²) in [5.41, 5.74) is 0. The molecule has 0 radical (unpaired) electrons. The Morgan fingerprint density at radius 2 is 2.14 bits per heavy atom. The van der Waals surface area contributed by atoms with Gasteiger partial charge in [0, 0.05) is 5.39 Å². The molecule has 2 N–H and O–H groups in total. The van der Waals surface area contributed by atoms with E-state index in [9.17, 15) is 10.2 Å². The van der Waals surface area contributed by atoms with Gasteiger partial charge in [-0.05, 0) is 12.1 Å². The van der Waals surface area contributed by atoms with Gasteiger partial charge in [-0.15, -0.1) is 11.3 Å². The first-order valence-electron chi connectivity index (χ1n) is 4.03. The maximum Gasteiger partial charge on any atom is 0.138 e. The molecular weight excluding hydrogens is 198 g/mol. The summed E-state index contributed by atoms with van der Waals surface area (Å²) < 4.78 is 0.634. The van der Waals surface area contributed by atoms with Crippen molar-refractivity contribution in [2.24, 2.45) is 0 Å². The second-order valence-electron chi connectivity index (χ2n) is 2.86. The van der Waals surface area contributed by atoms with Crippen LogP contribution in [0.5, 0.6) is 11.5 Å². The summed E-state index contributed by atoms with van der Waals surface area (Å²) in [5, 5.41) is 28.3. The van der Waals surface area contributed by atoms with Crippen LogP contribution < -0.4 is 0 Å². The first-order chi connectivity index (χ1) is 6.74. The van der Waals surface area contributed by atoms with Gasteiger partial charge in [-0.2, -0.15) is 5.26 Å². The Balaban J connectivity index is 2.74. The number of hydrogen-bond acceptors (Lipinski definition) is 4. The maximum atomic E-state index is 9.69. The minimum atomic E-state index is 0.113. The first kappa shape index (κ1) is 8.85. The molecular formula is C10H7NO2S. The first-order valence-corrected chi connectivity index (χ1v) is 4.85. The van der Waals surface area contributed by atoms with Crippen molar-refractivity contribution in [3.05, 3.63) is 23.1 Å². The van der Waals surface area contributed by atoms with E-state index in [2.05, 4.69) is 0 Å². The molecule has 2 aromatic rings. The van der Waals surface area contributed by atoms with Gasteiger partial charge in [-0.1, -0.05) is 6.07 Å². The highest BCUT2D eigenvalue weighted by atomic mass is 32.1. The average molecular weight is 205 g/mol. The van der Waals surface area contributed by atoms with Crippen molar-refractivity contribution in [2.45, 2.75) is 6.42 Å². The highest BCUT2D eigenvalue weighted by molar-refractivity contribution is 7.19. The largest absolute Gasteiger partial charge is 0.506 e. The molecule has 0 aliphatic heterocycles. The molecule has 1 aromatic carbocycles. The van der Waals surface area contributed by atoms with Gasteiger partial charge in [0.25, 0.3) is 0 Å². The summed E-state index contributed by atoms with van der Waals surface area (Å²) in [7, 11) is 0.